The highest BCUT2D eigenvalue weighted by molar-refractivity contribution is 5.96. The first-order valence-corrected chi connectivity index (χ1v) is 8.00. The fraction of sp³-hybridized carbons (Fsp3) is 0.312. The van der Waals surface area contributed by atoms with Gasteiger partial charge in [-0.25, -0.2) is 15.0 Å². The molecule has 0 aliphatic carbocycles. The van der Waals surface area contributed by atoms with Crippen molar-refractivity contribution in [1.82, 2.24) is 34.6 Å². The van der Waals surface area contributed by atoms with Gasteiger partial charge < -0.3 is 15.4 Å². The van der Waals surface area contributed by atoms with Gasteiger partial charge in [-0.2, -0.15) is 0 Å². The van der Waals surface area contributed by atoms with Crippen LogP contribution in [0.5, 0.6) is 5.88 Å². The number of hydrogen-bond acceptors (Lipinski definition) is 7. The molecular weight excluding hydrogens is 336 g/mol. The second-order valence-electron chi connectivity index (χ2n) is 5.51. The van der Waals surface area contributed by atoms with E-state index in [0.717, 1.165) is 11.6 Å². The van der Waals surface area contributed by atoms with Crippen LogP contribution in [-0.2, 0) is 7.05 Å². The molecular formula is C16H20N8O2. The van der Waals surface area contributed by atoms with Gasteiger partial charge in [-0.1, -0.05) is 0 Å². The van der Waals surface area contributed by atoms with E-state index in [-0.39, 0.29) is 5.91 Å². The summed E-state index contributed by atoms with van der Waals surface area (Å²) in [5.74, 6) is 2.29. The molecule has 3 heterocycles. The molecule has 0 saturated carbocycles. The van der Waals surface area contributed by atoms with Crippen LogP contribution in [0.3, 0.4) is 0 Å². The zero-order valence-corrected chi connectivity index (χ0v) is 14.8. The molecule has 0 saturated heterocycles. The largest absolute Gasteiger partial charge is 0.479 e. The van der Waals surface area contributed by atoms with Crippen LogP contribution < -0.4 is 15.4 Å². The smallest absolute Gasteiger partial charge is 0.258 e. The lowest BCUT2D eigenvalue weighted by atomic mass is 10.3. The standard InChI is InChI=1S/C16H20N8O2/c1-11-17-6-7-24(11)14-8-13(20-10-21-14)18-4-5-19-15(25)12-9-23(2)22-16(12)26-3/h6-10H,4-5H2,1-3H3,(H,19,25)(H,18,20,21). The quantitative estimate of drug-likeness (QED) is 0.595. The van der Waals surface area contributed by atoms with Crippen molar-refractivity contribution in [3.05, 3.63) is 42.4 Å². The Hall–Kier alpha value is -3.43. The maximum atomic E-state index is 12.2. The van der Waals surface area contributed by atoms with Gasteiger partial charge in [0.1, 0.15) is 29.4 Å². The summed E-state index contributed by atoms with van der Waals surface area (Å²) >= 11 is 0. The van der Waals surface area contributed by atoms with Gasteiger partial charge in [-0.3, -0.25) is 14.0 Å². The Kier molecular flexibility index (Phi) is 5.11. The summed E-state index contributed by atoms with van der Waals surface area (Å²) in [6, 6.07) is 1.82. The number of nitrogens with one attached hydrogen (secondary N) is 2. The van der Waals surface area contributed by atoms with Crippen molar-refractivity contribution in [3.63, 3.8) is 0 Å². The number of amides is 1. The van der Waals surface area contributed by atoms with Gasteiger partial charge in [-0.15, -0.1) is 5.10 Å². The van der Waals surface area contributed by atoms with Gasteiger partial charge in [-0.05, 0) is 6.92 Å². The molecule has 10 nitrogen and oxygen atoms in total. The number of hydrogen-bond donors (Lipinski definition) is 2. The number of rotatable bonds is 7. The number of ether oxygens (including phenoxy) is 1. The third-order valence-corrected chi connectivity index (χ3v) is 3.67. The predicted molar refractivity (Wildman–Crippen MR) is 94.5 cm³/mol. The Morgan fingerprint density at radius 2 is 2.12 bits per heavy atom. The Morgan fingerprint density at radius 3 is 2.85 bits per heavy atom. The fourth-order valence-corrected chi connectivity index (χ4v) is 2.43. The SMILES string of the molecule is COc1nn(C)cc1C(=O)NCCNc1cc(-n2ccnc2C)ncn1. The maximum absolute atomic E-state index is 12.2. The number of anilines is 1. The van der Waals surface area contributed by atoms with Crippen molar-refractivity contribution >= 4 is 11.7 Å². The number of nitrogens with zero attached hydrogens (tertiary/aromatic N) is 6. The molecule has 0 spiro atoms. The Balaban J connectivity index is 1.54. The number of carbonyl (C=O) groups is 1. The molecule has 0 unspecified atom stereocenters. The monoisotopic (exact) mass is 356 g/mol. The minimum absolute atomic E-state index is 0.242. The lowest BCUT2D eigenvalue weighted by Crippen LogP contribution is -2.29. The second-order valence-corrected chi connectivity index (χ2v) is 5.51. The highest BCUT2D eigenvalue weighted by atomic mass is 16.5. The Bertz CT molecular complexity index is 901. The van der Waals surface area contributed by atoms with Crippen LogP contribution >= 0.6 is 0 Å². The van der Waals surface area contributed by atoms with E-state index in [0.29, 0.717) is 30.4 Å². The first-order chi connectivity index (χ1) is 12.6. The molecule has 3 rings (SSSR count). The van der Waals surface area contributed by atoms with Crippen LogP contribution in [0.4, 0.5) is 5.82 Å². The van der Waals surface area contributed by atoms with Crippen molar-refractivity contribution in [2.75, 3.05) is 25.5 Å². The maximum Gasteiger partial charge on any atom is 0.258 e. The van der Waals surface area contributed by atoms with Gasteiger partial charge in [0.05, 0.1) is 7.11 Å². The van der Waals surface area contributed by atoms with E-state index in [1.54, 1.807) is 19.4 Å². The number of carbonyl (C=O) groups excluding carboxylic acids is 1. The highest BCUT2D eigenvalue weighted by Gasteiger charge is 2.15. The van der Waals surface area contributed by atoms with Crippen LogP contribution in [-0.4, -0.2) is 55.4 Å². The average Bonchev–Trinajstić information content (AvgIpc) is 3.24. The number of methoxy groups -OCH3 is 1. The van der Waals surface area contributed by atoms with Gasteiger partial charge in [0.2, 0.25) is 5.88 Å². The van der Waals surface area contributed by atoms with Gasteiger partial charge in [0.15, 0.2) is 0 Å². The van der Waals surface area contributed by atoms with Crippen molar-refractivity contribution in [1.29, 1.82) is 0 Å². The zero-order valence-electron chi connectivity index (χ0n) is 14.8. The first kappa shape index (κ1) is 17.4. The lowest BCUT2D eigenvalue weighted by molar-refractivity contribution is 0.0952. The molecule has 0 atom stereocenters. The molecule has 0 fully saturated rings. The fourth-order valence-electron chi connectivity index (χ4n) is 2.43. The summed E-state index contributed by atoms with van der Waals surface area (Å²) < 4.78 is 8.49. The van der Waals surface area contributed by atoms with Crippen molar-refractivity contribution in [3.8, 4) is 11.7 Å². The third-order valence-electron chi connectivity index (χ3n) is 3.67. The molecule has 3 aromatic rings. The Labute approximate surface area is 150 Å². The van der Waals surface area contributed by atoms with Crippen LogP contribution in [0.2, 0.25) is 0 Å². The summed E-state index contributed by atoms with van der Waals surface area (Å²) in [5.41, 5.74) is 0.398. The van der Waals surface area contributed by atoms with Crippen LogP contribution in [0.1, 0.15) is 16.2 Å². The number of aryl methyl sites for hydroxylation is 2. The molecule has 10 heteroatoms. The summed E-state index contributed by atoms with van der Waals surface area (Å²) in [5, 5.41) is 10.0. The van der Waals surface area contributed by atoms with Gasteiger partial charge >= 0.3 is 0 Å². The second kappa shape index (κ2) is 7.64. The van der Waals surface area contributed by atoms with Crippen LogP contribution in [0.15, 0.2) is 31.0 Å². The lowest BCUT2D eigenvalue weighted by Gasteiger charge is -2.09. The van der Waals surface area contributed by atoms with E-state index in [4.69, 9.17) is 4.74 Å². The van der Waals surface area contributed by atoms with E-state index in [1.165, 1.54) is 18.1 Å². The average molecular weight is 356 g/mol. The summed E-state index contributed by atoms with van der Waals surface area (Å²) in [6.45, 7) is 2.82. The molecule has 0 radical (unpaired) electrons. The van der Waals surface area contributed by atoms with Crippen molar-refractivity contribution < 1.29 is 9.53 Å². The minimum Gasteiger partial charge on any atom is -0.479 e. The molecule has 0 bridgehead atoms. The van der Waals surface area contributed by atoms with E-state index in [2.05, 4.69) is 30.7 Å². The number of imidazole rings is 1. The van der Waals surface area contributed by atoms with Crippen molar-refractivity contribution in [2.24, 2.45) is 7.05 Å². The van der Waals surface area contributed by atoms with E-state index < -0.39 is 0 Å². The van der Waals surface area contributed by atoms with E-state index >= 15 is 0 Å². The van der Waals surface area contributed by atoms with Gasteiger partial charge in [0.25, 0.3) is 5.91 Å². The highest BCUT2D eigenvalue weighted by Crippen LogP contribution is 2.14. The normalized spacial score (nSPS) is 10.6. The van der Waals surface area contributed by atoms with Crippen LogP contribution in [0, 0.1) is 6.92 Å². The summed E-state index contributed by atoms with van der Waals surface area (Å²) in [7, 11) is 3.21. The summed E-state index contributed by atoms with van der Waals surface area (Å²) in [4.78, 5) is 24.8. The minimum atomic E-state index is -0.242. The third kappa shape index (κ3) is 3.79. The van der Waals surface area contributed by atoms with Crippen LogP contribution in [0.25, 0.3) is 5.82 Å². The molecule has 1 amide bonds. The van der Waals surface area contributed by atoms with Crippen molar-refractivity contribution in [2.45, 2.75) is 6.92 Å². The summed E-state index contributed by atoms with van der Waals surface area (Å²) in [6.07, 6.45) is 6.65. The molecule has 3 aromatic heterocycles. The molecule has 26 heavy (non-hydrogen) atoms. The van der Waals surface area contributed by atoms with E-state index in [1.807, 2.05) is 23.8 Å². The molecule has 0 aliphatic rings. The van der Waals surface area contributed by atoms with Gasteiger partial charge in [0, 0.05) is 44.8 Å². The number of aromatic nitrogens is 6. The zero-order chi connectivity index (χ0) is 18.5. The first-order valence-electron chi connectivity index (χ1n) is 8.00. The predicted octanol–water partition coefficient (Wildman–Crippen LogP) is 0.555. The van der Waals surface area contributed by atoms with E-state index in [9.17, 15) is 4.79 Å². The molecule has 0 aliphatic heterocycles. The molecule has 0 aromatic carbocycles. The molecule has 2 N–H and O–H groups in total. The topological polar surface area (TPSA) is 112 Å². The Morgan fingerprint density at radius 1 is 1.27 bits per heavy atom. The molecule has 136 valence electrons.